The molecule has 0 unspecified atom stereocenters. The van der Waals surface area contributed by atoms with Crippen LogP contribution in [0.3, 0.4) is 0 Å². The van der Waals surface area contributed by atoms with Crippen LogP contribution < -0.4 is 0 Å². The summed E-state index contributed by atoms with van der Waals surface area (Å²) in [6.07, 6.45) is 5.30. The number of nitrogens with zero attached hydrogens (tertiary/aromatic N) is 4. The molecule has 7 nitrogen and oxygen atoms in total. The minimum absolute atomic E-state index is 0.146. The molecule has 0 aromatic carbocycles. The number of hydrogen-bond donors (Lipinski definition) is 0. The van der Waals surface area contributed by atoms with Crippen molar-refractivity contribution in [3.63, 3.8) is 0 Å². The number of carbonyl (C=O) groups is 2. The Labute approximate surface area is 134 Å². The third-order valence-electron chi connectivity index (χ3n) is 4.24. The molecule has 0 saturated carbocycles. The quantitative estimate of drug-likeness (QED) is 0.801. The zero-order chi connectivity index (χ0) is 16.4. The third kappa shape index (κ3) is 3.18. The van der Waals surface area contributed by atoms with Gasteiger partial charge in [0.15, 0.2) is 12.3 Å². The molecule has 0 atom stereocenters. The lowest BCUT2D eigenvalue weighted by atomic mass is 9.99. The maximum Gasteiger partial charge on any atom is 0.344 e. The number of aryl methyl sites for hydroxylation is 1. The van der Waals surface area contributed by atoms with Gasteiger partial charge in [0, 0.05) is 25.5 Å². The minimum Gasteiger partial charge on any atom is -0.452 e. The number of hydrogen-bond acceptors (Lipinski definition) is 5. The van der Waals surface area contributed by atoms with Gasteiger partial charge in [-0.1, -0.05) is 6.92 Å². The summed E-state index contributed by atoms with van der Waals surface area (Å²) in [7, 11) is 0. The van der Waals surface area contributed by atoms with Gasteiger partial charge in [0.25, 0.3) is 5.91 Å². The highest BCUT2D eigenvalue weighted by atomic mass is 16.5. The lowest BCUT2D eigenvalue weighted by Crippen LogP contribution is -2.40. The first kappa shape index (κ1) is 15.5. The summed E-state index contributed by atoms with van der Waals surface area (Å²) in [5, 5.41) is 4.22. The van der Waals surface area contributed by atoms with Crippen LogP contribution in [0.5, 0.6) is 0 Å². The van der Waals surface area contributed by atoms with Crippen LogP contribution >= 0.6 is 0 Å². The molecule has 1 amide bonds. The number of amides is 1. The van der Waals surface area contributed by atoms with E-state index in [0.29, 0.717) is 22.8 Å². The van der Waals surface area contributed by atoms with Gasteiger partial charge >= 0.3 is 5.97 Å². The monoisotopic (exact) mass is 316 g/mol. The van der Waals surface area contributed by atoms with Crippen molar-refractivity contribution in [2.24, 2.45) is 5.92 Å². The van der Waals surface area contributed by atoms with Gasteiger partial charge in [-0.05, 0) is 31.7 Å². The summed E-state index contributed by atoms with van der Waals surface area (Å²) < 4.78 is 6.72. The summed E-state index contributed by atoms with van der Waals surface area (Å²) in [5.74, 6) is -0.0589. The fourth-order valence-electron chi connectivity index (χ4n) is 2.78. The average molecular weight is 316 g/mol. The second-order valence-electron chi connectivity index (χ2n) is 5.99. The molecule has 0 spiro atoms. The van der Waals surface area contributed by atoms with E-state index in [-0.39, 0.29) is 12.5 Å². The Morgan fingerprint density at radius 3 is 2.83 bits per heavy atom. The maximum atomic E-state index is 12.3. The Morgan fingerprint density at radius 2 is 2.09 bits per heavy atom. The topological polar surface area (TPSA) is 76.8 Å². The second kappa shape index (κ2) is 6.36. The van der Waals surface area contributed by atoms with Crippen LogP contribution in [-0.2, 0) is 9.53 Å². The normalized spacial score (nSPS) is 15.8. The standard InChI is InChI=1S/C16H20N4O3/c1-11-4-8-19(9-5-11)13(21)10-23-16(22)14-12(2)18-20-7-3-6-17-15(14)20/h3,6-7,11H,4-5,8-10H2,1-2H3. The Balaban J connectivity index is 1.65. The molecule has 0 bridgehead atoms. The molecule has 1 fully saturated rings. The van der Waals surface area contributed by atoms with E-state index in [1.807, 2.05) is 0 Å². The van der Waals surface area contributed by atoms with Crippen LogP contribution in [0.25, 0.3) is 5.65 Å². The Morgan fingerprint density at radius 1 is 1.35 bits per heavy atom. The summed E-state index contributed by atoms with van der Waals surface area (Å²) >= 11 is 0. The Bertz CT molecular complexity index is 732. The molecule has 0 aliphatic carbocycles. The molecule has 23 heavy (non-hydrogen) atoms. The van der Waals surface area contributed by atoms with Crippen LogP contribution in [-0.4, -0.2) is 51.1 Å². The fraction of sp³-hybridized carbons (Fsp3) is 0.500. The van der Waals surface area contributed by atoms with E-state index >= 15 is 0 Å². The van der Waals surface area contributed by atoms with E-state index in [0.717, 1.165) is 25.9 Å². The van der Waals surface area contributed by atoms with Gasteiger partial charge < -0.3 is 9.64 Å². The van der Waals surface area contributed by atoms with Crippen LogP contribution in [0.1, 0.15) is 35.8 Å². The fourth-order valence-corrected chi connectivity index (χ4v) is 2.78. The predicted molar refractivity (Wildman–Crippen MR) is 83.0 cm³/mol. The second-order valence-corrected chi connectivity index (χ2v) is 5.99. The molecule has 1 aliphatic heterocycles. The average Bonchev–Trinajstić information content (AvgIpc) is 2.88. The number of aromatic nitrogens is 3. The highest BCUT2D eigenvalue weighted by Crippen LogP contribution is 2.17. The van der Waals surface area contributed by atoms with E-state index in [4.69, 9.17) is 4.74 Å². The van der Waals surface area contributed by atoms with Crippen molar-refractivity contribution in [1.82, 2.24) is 19.5 Å². The van der Waals surface area contributed by atoms with Gasteiger partial charge in [-0.2, -0.15) is 5.10 Å². The highest BCUT2D eigenvalue weighted by Gasteiger charge is 2.24. The van der Waals surface area contributed by atoms with E-state index < -0.39 is 5.97 Å². The number of ether oxygens (including phenoxy) is 1. The van der Waals surface area contributed by atoms with Crippen molar-refractivity contribution in [2.45, 2.75) is 26.7 Å². The largest absolute Gasteiger partial charge is 0.452 e. The molecule has 0 N–H and O–H groups in total. The molecular weight excluding hydrogens is 296 g/mol. The number of carbonyl (C=O) groups excluding carboxylic acids is 2. The molecular formula is C16H20N4O3. The number of fused-ring (bicyclic) bond motifs is 1. The summed E-state index contributed by atoms with van der Waals surface area (Å²) in [6, 6.07) is 1.73. The van der Waals surface area contributed by atoms with Gasteiger partial charge in [0.1, 0.15) is 5.56 Å². The molecule has 2 aromatic rings. The summed E-state index contributed by atoms with van der Waals surface area (Å²) in [4.78, 5) is 30.3. The van der Waals surface area contributed by atoms with E-state index in [9.17, 15) is 9.59 Å². The van der Waals surface area contributed by atoms with Gasteiger partial charge in [0.2, 0.25) is 0 Å². The smallest absolute Gasteiger partial charge is 0.344 e. The molecule has 3 rings (SSSR count). The van der Waals surface area contributed by atoms with Crippen LogP contribution in [0.4, 0.5) is 0 Å². The van der Waals surface area contributed by atoms with Gasteiger partial charge in [-0.25, -0.2) is 14.3 Å². The first-order valence-electron chi connectivity index (χ1n) is 7.81. The molecule has 1 aliphatic rings. The minimum atomic E-state index is -0.560. The van der Waals surface area contributed by atoms with E-state index in [2.05, 4.69) is 17.0 Å². The molecule has 3 heterocycles. The van der Waals surface area contributed by atoms with Crippen molar-refractivity contribution < 1.29 is 14.3 Å². The van der Waals surface area contributed by atoms with Gasteiger partial charge in [-0.3, -0.25) is 4.79 Å². The van der Waals surface area contributed by atoms with Crippen LogP contribution in [0.15, 0.2) is 18.5 Å². The lowest BCUT2D eigenvalue weighted by molar-refractivity contribution is -0.135. The molecule has 122 valence electrons. The van der Waals surface area contributed by atoms with Crippen molar-refractivity contribution in [2.75, 3.05) is 19.7 Å². The zero-order valence-corrected chi connectivity index (χ0v) is 13.4. The first-order valence-corrected chi connectivity index (χ1v) is 7.81. The van der Waals surface area contributed by atoms with Crippen molar-refractivity contribution in [3.8, 4) is 0 Å². The third-order valence-corrected chi connectivity index (χ3v) is 4.24. The number of esters is 1. The highest BCUT2D eigenvalue weighted by molar-refractivity contribution is 5.98. The van der Waals surface area contributed by atoms with Crippen molar-refractivity contribution >= 4 is 17.5 Å². The number of likely N-dealkylation sites (tertiary alicyclic amines) is 1. The first-order chi connectivity index (χ1) is 11.1. The Kier molecular flexibility index (Phi) is 4.27. The summed E-state index contributed by atoms with van der Waals surface area (Å²) in [5.41, 5.74) is 1.29. The van der Waals surface area contributed by atoms with E-state index in [1.165, 1.54) is 4.52 Å². The SMILES string of the molecule is Cc1nn2cccnc2c1C(=O)OCC(=O)N1CCC(C)CC1. The Hall–Kier alpha value is -2.44. The molecule has 7 heteroatoms. The lowest BCUT2D eigenvalue weighted by Gasteiger charge is -2.30. The van der Waals surface area contributed by atoms with E-state index in [1.54, 1.807) is 30.3 Å². The molecule has 0 radical (unpaired) electrons. The van der Waals surface area contributed by atoms with Crippen molar-refractivity contribution in [3.05, 3.63) is 29.7 Å². The molecule has 2 aromatic heterocycles. The summed E-state index contributed by atoms with van der Waals surface area (Å²) in [6.45, 7) is 5.13. The predicted octanol–water partition coefficient (Wildman–Crippen LogP) is 1.45. The number of piperidine rings is 1. The van der Waals surface area contributed by atoms with Crippen LogP contribution in [0, 0.1) is 12.8 Å². The van der Waals surface area contributed by atoms with Gasteiger partial charge in [-0.15, -0.1) is 0 Å². The zero-order valence-electron chi connectivity index (χ0n) is 13.4. The molecule has 1 saturated heterocycles. The van der Waals surface area contributed by atoms with Crippen LogP contribution in [0.2, 0.25) is 0 Å². The van der Waals surface area contributed by atoms with Gasteiger partial charge in [0.05, 0.1) is 5.69 Å². The maximum absolute atomic E-state index is 12.3. The number of rotatable bonds is 3. The van der Waals surface area contributed by atoms with Crippen molar-refractivity contribution in [1.29, 1.82) is 0 Å².